The lowest BCUT2D eigenvalue weighted by Gasteiger charge is -2.10. The topological polar surface area (TPSA) is 72.5 Å². The molecule has 1 amide bonds. The van der Waals surface area contributed by atoms with E-state index in [0.29, 0.717) is 16.3 Å². The molecule has 0 aliphatic rings. The number of Topliss-reactive ketones (excluding diaryl/α,β-unsaturated/α-hetero) is 1. The summed E-state index contributed by atoms with van der Waals surface area (Å²) >= 11 is 5.77. The molecule has 2 rings (SSSR count). The maximum Gasteiger partial charge on any atom is 0.343 e. The van der Waals surface area contributed by atoms with Crippen LogP contribution in [0.3, 0.4) is 0 Å². The van der Waals surface area contributed by atoms with Crippen LogP contribution in [0, 0.1) is 0 Å². The Kier molecular flexibility index (Phi) is 5.13. The highest BCUT2D eigenvalue weighted by atomic mass is 35.5. The number of nitrogens with one attached hydrogen (secondary N) is 1. The summed E-state index contributed by atoms with van der Waals surface area (Å²) in [6.45, 7) is 2.72. The molecule has 0 saturated carbocycles. The van der Waals surface area contributed by atoms with Gasteiger partial charge in [-0.05, 0) is 49.4 Å². The van der Waals surface area contributed by atoms with Crippen molar-refractivity contribution >= 4 is 34.9 Å². The van der Waals surface area contributed by atoms with Gasteiger partial charge in [0.2, 0.25) is 5.91 Å². The molecule has 23 heavy (non-hydrogen) atoms. The standard InChI is InChI=1S/C17H14ClNO4/c1-10(20)15-9-14(19-11(2)21)7-8-16(15)23-17(22)12-3-5-13(18)6-4-12/h3-9H,1-2H3,(H,19,21). The molecule has 0 aromatic heterocycles. The van der Waals surface area contributed by atoms with Crippen molar-refractivity contribution in [2.24, 2.45) is 0 Å². The first-order valence-corrected chi connectivity index (χ1v) is 7.15. The van der Waals surface area contributed by atoms with E-state index in [1.807, 2.05) is 0 Å². The number of benzene rings is 2. The minimum atomic E-state index is -0.601. The van der Waals surface area contributed by atoms with Crippen LogP contribution in [0.15, 0.2) is 42.5 Å². The first-order chi connectivity index (χ1) is 10.9. The van der Waals surface area contributed by atoms with Crippen LogP contribution in [0.25, 0.3) is 0 Å². The van der Waals surface area contributed by atoms with Gasteiger partial charge in [-0.15, -0.1) is 0 Å². The Morgan fingerprint density at radius 1 is 1.00 bits per heavy atom. The molecule has 0 heterocycles. The highest BCUT2D eigenvalue weighted by Crippen LogP contribution is 2.24. The predicted molar refractivity (Wildman–Crippen MR) is 87.2 cm³/mol. The largest absolute Gasteiger partial charge is 0.422 e. The van der Waals surface area contributed by atoms with Crippen molar-refractivity contribution in [1.82, 2.24) is 0 Å². The summed E-state index contributed by atoms with van der Waals surface area (Å²) in [5.74, 6) is -1.01. The van der Waals surface area contributed by atoms with Gasteiger partial charge in [0.1, 0.15) is 5.75 Å². The molecular formula is C17H14ClNO4. The van der Waals surface area contributed by atoms with E-state index in [2.05, 4.69) is 5.32 Å². The summed E-state index contributed by atoms with van der Waals surface area (Å²) in [6.07, 6.45) is 0. The molecule has 0 atom stereocenters. The Morgan fingerprint density at radius 3 is 2.22 bits per heavy atom. The molecule has 0 spiro atoms. The SMILES string of the molecule is CC(=O)Nc1ccc(OC(=O)c2ccc(Cl)cc2)c(C(C)=O)c1. The van der Waals surface area contributed by atoms with E-state index in [-0.39, 0.29) is 23.0 Å². The molecule has 0 radical (unpaired) electrons. The number of amides is 1. The number of halogens is 1. The van der Waals surface area contributed by atoms with E-state index in [0.717, 1.165) is 0 Å². The fraction of sp³-hybridized carbons (Fsp3) is 0.118. The maximum atomic E-state index is 12.1. The zero-order chi connectivity index (χ0) is 17.0. The van der Waals surface area contributed by atoms with Gasteiger partial charge in [0.05, 0.1) is 11.1 Å². The monoisotopic (exact) mass is 331 g/mol. The second-order valence-corrected chi connectivity index (χ2v) is 5.28. The Labute approximate surface area is 138 Å². The van der Waals surface area contributed by atoms with Gasteiger partial charge in [0.25, 0.3) is 0 Å². The zero-order valence-electron chi connectivity index (χ0n) is 12.6. The minimum Gasteiger partial charge on any atom is -0.422 e. The van der Waals surface area contributed by atoms with Crippen LogP contribution in [0.5, 0.6) is 5.75 Å². The van der Waals surface area contributed by atoms with E-state index in [9.17, 15) is 14.4 Å². The van der Waals surface area contributed by atoms with Crippen LogP contribution in [0.4, 0.5) is 5.69 Å². The Hall–Kier alpha value is -2.66. The number of ether oxygens (including phenoxy) is 1. The molecule has 0 saturated heterocycles. The van der Waals surface area contributed by atoms with Gasteiger partial charge in [-0.2, -0.15) is 0 Å². The average Bonchev–Trinajstić information content (AvgIpc) is 2.48. The molecule has 2 aromatic rings. The van der Waals surface area contributed by atoms with E-state index < -0.39 is 5.97 Å². The molecule has 1 N–H and O–H groups in total. The minimum absolute atomic E-state index is 0.131. The van der Waals surface area contributed by atoms with E-state index in [1.54, 1.807) is 18.2 Å². The second kappa shape index (κ2) is 7.07. The number of rotatable bonds is 4. The number of anilines is 1. The normalized spacial score (nSPS) is 10.0. The fourth-order valence-corrected chi connectivity index (χ4v) is 2.05. The van der Waals surface area contributed by atoms with E-state index in [1.165, 1.54) is 38.1 Å². The summed E-state index contributed by atoms with van der Waals surface area (Å²) in [6, 6.07) is 10.7. The summed E-state index contributed by atoms with van der Waals surface area (Å²) in [5, 5.41) is 3.08. The van der Waals surface area contributed by atoms with E-state index in [4.69, 9.17) is 16.3 Å². The van der Waals surface area contributed by atoms with Gasteiger partial charge in [-0.25, -0.2) is 4.79 Å². The molecule has 5 nitrogen and oxygen atoms in total. The number of esters is 1. The molecule has 0 fully saturated rings. The summed E-state index contributed by atoms with van der Waals surface area (Å²) in [4.78, 5) is 34.9. The quantitative estimate of drug-likeness (QED) is 0.526. The molecule has 0 aliphatic carbocycles. The van der Waals surface area contributed by atoms with Crippen molar-refractivity contribution in [2.75, 3.05) is 5.32 Å². The van der Waals surface area contributed by atoms with Crippen molar-refractivity contribution in [3.8, 4) is 5.75 Å². The van der Waals surface area contributed by atoms with Gasteiger partial charge in [0, 0.05) is 17.6 Å². The van der Waals surface area contributed by atoms with Crippen LogP contribution in [-0.2, 0) is 4.79 Å². The Balaban J connectivity index is 2.28. The maximum absolute atomic E-state index is 12.1. The Bertz CT molecular complexity index is 769. The van der Waals surface area contributed by atoms with Gasteiger partial charge in [-0.1, -0.05) is 11.6 Å². The third-order valence-corrected chi connectivity index (χ3v) is 3.21. The van der Waals surface area contributed by atoms with Crippen molar-refractivity contribution < 1.29 is 19.1 Å². The number of hydrogen-bond donors (Lipinski definition) is 1. The van der Waals surface area contributed by atoms with Crippen LogP contribution < -0.4 is 10.1 Å². The van der Waals surface area contributed by atoms with Gasteiger partial charge < -0.3 is 10.1 Å². The van der Waals surface area contributed by atoms with Crippen LogP contribution in [-0.4, -0.2) is 17.7 Å². The zero-order valence-corrected chi connectivity index (χ0v) is 13.3. The lowest BCUT2D eigenvalue weighted by molar-refractivity contribution is -0.114. The average molecular weight is 332 g/mol. The summed E-state index contributed by atoms with van der Waals surface area (Å²) in [7, 11) is 0. The summed E-state index contributed by atoms with van der Waals surface area (Å²) < 4.78 is 5.28. The first-order valence-electron chi connectivity index (χ1n) is 6.77. The van der Waals surface area contributed by atoms with Gasteiger partial charge in [0.15, 0.2) is 5.78 Å². The fourth-order valence-electron chi connectivity index (χ4n) is 1.92. The molecule has 0 bridgehead atoms. The van der Waals surface area contributed by atoms with Crippen molar-refractivity contribution in [3.63, 3.8) is 0 Å². The van der Waals surface area contributed by atoms with Crippen molar-refractivity contribution in [3.05, 3.63) is 58.6 Å². The molecular weight excluding hydrogens is 318 g/mol. The number of hydrogen-bond acceptors (Lipinski definition) is 4. The van der Waals surface area contributed by atoms with Crippen LogP contribution >= 0.6 is 11.6 Å². The predicted octanol–water partition coefficient (Wildman–Crippen LogP) is 3.72. The first kappa shape index (κ1) is 16.7. The number of ketones is 1. The molecule has 6 heteroatoms. The second-order valence-electron chi connectivity index (χ2n) is 4.84. The smallest absolute Gasteiger partial charge is 0.343 e. The number of carbonyl (C=O) groups is 3. The van der Waals surface area contributed by atoms with Crippen molar-refractivity contribution in [1.29, 1.82) is 0 Å². The Morgan fingerprint density at radius 2 is 1.65 bits per heavy atom. The van der Waals surface area contributed by atoms with Crippen molar-refractivity contribution in [2.45, 2.75) is 13.8 Å². The van der Waals surface area contributed by atoms with Gasteiger partial charge >= 0.3 is 5.97 Å². The molecule has 0 aliphatic heterocycles. The molecule has 0 unspecified atom stereocenters. The highest BCUT2D eigenvalue weighted by Gasteiger charge is 2.15. The third-order valence-electron chi connectivity index (χ3n) is 2.96. The third kappa shape index (κ3) is 4.40. The van der Waals surface area contributed by atoms with E-state index >= 15 is 0 Å². The van der Waals surface area contributed by atoms with Gasteiger partial charge in [-0.3, -0.25) is 9.59 Å². The lowest BCUT2D eigenvalue weighted by atomic mass is 10.1. The highest BCUT2D eigenvalue weighted by molar-refractivity contribution is 6.30. The molecule has 2 aromatic carbocycles. The molecule has 118 valence electrons. The summed E-state index contributed by atoms with van der Waals surface area (Å²) in [5.41, 5.74) is 0.974. The van der Waals surface area contributed by atoms with Crippen LogP contribution in [0.2, 0.25) is 5.02 Å². The lowest BCUT2D eigenvalue weighted by Crippen LogP contribution is -2.12. The number of carbonyl (C=O) groups excluding carboxylic acids is 3. The van der Waals surface area contributed by atoms with Crippen LogP contribution in [0.1, 0.15) is 34.6 Å².